The number of hydrogen-bond donors (Lipinski definition) is 0. The van der Waals surface area contributed by atoms with Gasteiger partial charge < -0.3 is 0 Å². The molecule has 0 spiro atoms. The first kappa shape index (κ1) is 26.0. The molecule has 5 aliphatic carbocycles. The SMILES string of the molecule is CC(CCc1cccs1)[C@H]1CC[C@]2(C)[C@H]3CC[C@@H]4[C@@]5(C)CCCC(C)(C)[C@@H]5CC[C@@]4(C)[C@]3(C)CC[C@@H]12. The van der Waals surface area contributed by atoms with Gasteiger partial charge >= 0.3 is 0 Å². The molecule has 0 nitrogen and oxygen atoms in total. The molecule has 1 unspecified atom stereocenters. The molecule has 1 aromatic rings. The van der Waals surface area contributed by atoms with Crippen LogP contribution in [0.1, 0.15) is 130 Å². The smallest absolute Gasteiger partial charge is 0.00453 e. The quantitative estimate of drug-likeness (QED) is 0.379. The molecule has 10 atom stereocenters. The van der Waals surface area contributed by atoms with Gasteiger partial charge in [-0.25, -0.2) is 0 Å². The summed E-state index contributed by atoms with van der Waals surface area (Å²) in [6.07, 6.45) is 19.3. The second-order valence-electron chi connectivity index (χ2n) is 16.4. The van der Waals surface area contributed by atoms with Gasteiger partial charge in [0, 0.05) is 4.88 Å². The highest BCUT2D eigenvalue weighted by Crippen LogP contribution is 2.78. The maximum atomic E-state index is 2.83. The van der Waals surface area contributed by atoms with Crippen LogP contribution in [0, 0.1) is 62.6 Å². The first-order chi connectivity index (χ1) is 17.0. The zero-order valence-electron chi connectivity index (χ0n) is 24.8. The van der Waals surface area contributed by atoms with Crippen molar-refractivity contribution >= 4 is 11.3 Å². The fourth-order valence-electron chi connectivity index (χ4n) is 13.1. The Morgan fingerprint density at radius 2 is 1.47 bits per heavy atom. The molecule has 0 radical (unpaired) electrons. The molecule has 5 fully saturated rings. The van der Waals surface area contributed by atoms with Gasteiger partial charge in [0.05, 0.1) is 0 Å². The van der Waals surface area contributed by atoms with Crippen molar-refractivity contribution in [3.8, 4) is 0 Å². The second-order valence-corrected chi connectivity index (χ2v) is 17.4. The van der Waals surface area contributed by atoms with Gasteiger partial charge in [-0.3, -0.25) is 0 Å². The van der Waals surface area contributed by atoms with Crippen LogP contribution in [0.4, 0.5) is 0 Å². The lowest BCUT2D eigenvalue weighted by Gasteiger charge is -2.73. The van der Waals surface area contributed by atoms with E-state index >= 15 is 0 Å². The van der Waals surface area contributed by atoms with Gasteiger partial charge in [0.15, 0.2) is 0 Å². The van der Waals surface area contributed by atoms with E-state index in [9.17, 15) is 0 Å². The Morgan fingerprint density at radius 1 is 0.778 bits per heavy atom. The summed E-state index contributed by atoms with van der Waals surface area (Å²) >= 11 is 1.96. The molecule has 0 bridgehead atoms. The summed E-state index contributed by atoms with van der Waals surface area (Å²) < 4.78 is 0. The van der Waals surface area contributed by atoms with E-state index in [1.807, 2.05) is 11.3 Å². The lowest BCUT2D eigenvalue weighted by molar-refractivity contribution is -0.241. The Morgan fingerprint density at radius 3 is 2.17 bits per heavy atom. The summed E-state index contributed by atoms with van der Waals surface area (Å²) in [7, 11) is 0. The fourth-order valence-corrected chi connectivity index (χ4v) is 13.8. The van der Waals surface area contributed by atoms with Crippen LogP contribution in [0.5, 0.6) is 0 Å². The van der Waals surface area contributed by atoms with Crippen molar-refractivity contribution in [1.82, 2.24) is 0 Å². The van der Waals surface area contributed by atoms with Crippen molar-refractivity contribution < 1.29 is 0 Å². The van der Waals surface area contributed by atoms with Crippen molar-refractivity contribution in [2.24, 2.45) is 62.6 Å². The number of thiophene rings is 1. The minimum atomic E-state index is 0.547. The minimum Gasteiger partial charge on any atom is -0.149 e. The third-order valence-electron chi connectivity index (χ3n) is 14.9. The number of hydrogen-bond acceptors (Lipinski definition) is 1. The Kier molecular flexibility index (Phi) is 6.20. The molecule has 1 aromatic heterocycles. The molecule has 6 rings (SSSR count). The molecule has 0 aromatic carbocycles. The predicted molar refractivity (Wildman–Crippen MR) is 156 cm³/mol. The average molecular weight is 509 g/mol. The first-order valence-electron chi connectivity index (χ1n) is 16.0. The fraction of sp³-hybridized carbons (Fsp3) is 0.886. The van der Waals surface area contributed by atoms with Crippen LogP contribution < -0.4 is 0 Å². The second kappa shape index (κ2) is 8.60. The Hall–Kier alpha value is -0.300. The highest BCUT2D eigenvalue weighted by Gasteiger charge is 2.70. The van der Waals surface area contributed by atoms with E-state index in [0.29, 0.717) is 27.1 Å². The van der Waals surface area contributed by atoms with Crippen molar-refractivity contribution in [3.63, 3.8) is 0 Å². The van der Waals surface area contributed by atoms with E-state index in [2.05, 4.69) is 66.0 Å². The van der Waals surface area contributed by atoms with Crippen LogP contribution in [0.3, 0.4) is 0 Å². The van der Waals surface area contributed by atoms with Gasteiger partial charge in [-0.05, 0) is 151 Å². The van der Waals surface area contributed by atoms with E-state index in [1.165, 1.54) is 83.5 Å². The average Bonchev–Trinajstić information content (AvgIpc) is 3.45. The number of fused-ring (bicyclic) bond motifs is 7. The molecule has 1 heterocycles. The number of aryl methyl sites for hydroxylation is 1. The molecule has 0 amide bonds. The molecule has 36 heavy (non-hydrogen) atoms. The summed E-state index contributed by atoms with van der Waals surface area (Å²) in [6, 6.07) is 4.59. The molecular formula is C35H56S. The van der Waals surface area contributed by atoms with Crippen LogP contribution in [0.2, 0.25) is 0 Å². The Bertz CT molecular complexity index is 944. The van der Waals surface area contributed by atoms with Crippen LogP contribution in [-0.4, -0.2) is 0 Å². The lowest BCUT2D eigenvalue weighted by Crippen LogP contribution is -2.65. The number of rotatable bonds is 4. The van der Waals surface area contributed by atoms with Gasteiger partial charge in [0.1, 0.15) is 0 Å². The van der Waals surface area contributed by atoms with Crippen LogP contribution in [0.15, 0.2) is 17.5 Å². The van der Waals surface area contributed by atoms with E-state index in [1.54, 1.807) is 4.88 Å². The third kappa shape index (κ3) is 3.48. The van der Waals surface area contributed by atoms with Gasteiger partial charge in [-0.1, -0.05) is 61.0 Å². The van der Waals surface area contributed by atoms with Gasteiger partial charge in [-0.15, -0.1) is 11.3 Å². The largest absolute Gasteiger partial charge is 0.149 e. The topological polar surface area (TPSA) is 0 Å². The lowest BCUT2D eigenvalue weighted by atomic mass is 9.32. The summed E-state index contributed by atoms with van der Waals surface area (Å²) in [4.78, 5) is 1.60. The van der Waals surface area contributed by atoms with Crippen LogP contribution in [0.25, 0.3) is 0 Å². The zero-order chi connectivity index (χ0) is 25.6. The maximum Gasteiger partial charge on any atom is 0.00453 e. The van der Waals surface area contributed by atoms with E-state index in [-0.39, 0.29) is 0 Å². The first-order valence-corrected chi connectivity index (χ1v) is 16.9. The molecule has 1 heteroatoms. The van der Waals surface area contributed by atoms with E-state index in [0.717, 1.165) is 35.5 Å². The summed E-state index contributed by atoms with van der Waals surface area (Å²) in [5, 5.41) is 2.26. The van der Waals surface area contributed by atoms with Crippen molar-refractivity contribution in [1.29, 1.82) is 0 Å². The molecular weight excluding hydrogens is 452 g/mol. The summed E-state index contributed by atoms with van der Waals surface area (Å²) in [6.45, 7) is 19.1. The molecule has 0 aliphatic heterocycles. The Balaban J connectivity index is 1.25. The van der Waals surface area contributed by atoms with Gasteiger partial charge in [0.2, 0.25) is 0 Å². The van der Waals surface area contributed by atoms with E-state index < -0.39 is 0 Å². The van der Waals surface area contributed by atoms with Crippen molar-refractivity contribution in [2.75, 3.05) is 0 Å². The molecule has 5 saturated carbocycles. The molecule has 5 aliphatic rings. The van der Waals surface area contributed by atoms with Gasteiger partial charge in [-0.2, -0.15) is 0 Å². The molecule has 0 N–H and O–H groups in total. The maximum absolute atomic E-state index is 2.83. The summed E-state index contributed by atoms with van der Waals surface area (Å²) in [5.74, 6) is 5.69. The van der Waals surface area contributed by atoms with Crippen molar-refractivity contribution in [3.05, 3.63) is 22.4 Å². The van der Waals surface area contributed by atoms with E-state index in [4.69, 9.17) is 0 Å². The molecule has 0 saturated heterocycles. The Labute approximate surface area is 227 Å². The van der Waals surface area contributed by atoms with Crippen LogP contribution in [-0.2, 0) is 6.42 Å². The minimum absolute atomic E-state index is 0.547. The normalized spacial score (nSPS) is 50.5. The van der Waals surface area contributed by atoms with Crippen molar-refractivity contribution in [2.45, 2.75) is 132 Å². The van der Waals surface area contributed by atoms with Crippen LogP contribution >= 0.6 is 11.3 Å². The highest BCUT2D eigenvalue weighted by atomic mass is 32.1. The summed E-state index contributed by atoms with van der Waals surface area (Å²) in [5.41, 5.74) is 2.81. The third-order valence-corrected chi connectivity index (χ3v) is 15.9. The van der Waals surface area contributed by atoms with Gasteiger partial charge in [0.25, 0.3) is 0 Å². The highest BCUT2D eigenvalue weighted by molar-refractivity contribution is 7.09. The predicted octanol–water partition coefficient (Wildman–Crippen LogP) is 10.8. The molecule has 202 valence electrons. The zero-order valence-corrected chi connectivity index (χ0v) is 25.6. The standard InChI is InChI=1S/C35H56S/c1-24(11-12-25-10-8-23-36-25)26-15-20-32(4)27(26)16-21-34(6)29(32)13-14-30-33(5)19-9-18-31(2,3)28(33)17-22-35(30,34)7/h8,10,23-24,26-30H,9,11-22H2,1-7H3/t24?,26-,27+,28+,29-,30-,32+,33+,34-,35-/m1/s1. The monoisotopic (exact) mass is 508 g/mol.